The molecule has 0 aliphatic heterocycles. The van der Waals surface area contributed by atoms with Crippen molar-refractivity contribution in [3.05, 3.63) is 66.4 Å². The number of rotatable bonds is 3. The number of benzene rings is 2. The van der Waals surface area contributed by atoms with E-state index in [2.05, 4.69) is 29.2 Å². The summed E-state index contributed by atoms with van der Waals surface area (Å²) in [5, 5.41) is 11.8. The number of fused-ring (bicyclic) bond motifs is 1. The van der Waals surface area contributed by atoms with E-state index in [4.69, 9.17) is 0 Å². The van der Waals surface area contributed by atoms with Gasteiger partial charge in [0.2, 0.25) is 0 Å². The molecule has 0 saturated carbocycles. The summed E-state index contributed by atoms with van der Waals surface area (Å²) in [6.45, 7) is 0. The number of hydrogen-bond donors (Lipinski definition) is 1. The zero-order chi connectivity index (χ0) is 13.1. The first kappa shape index (κ1) is 12.2. The monoisotopic (exact) mass is 315 g/mol. The van der Waals surface area contributed by atoms with Gasteiger partial charge in [0.25, 0.3) is 0 Å². The number of aromatic nitrogens is 1. The fourth-order valence-electron chi connectivity index (χ4n) is 1.93. The van der Waals surface area contributed by atoms with Gasteiger partial charge in [0.15, 0.2) is 0 Å². The third-order valence-electron chi connectivity index (χ3n) is 2.89. The molecule has 0 unspecified atom stereocenters. The standard InChI is InChI=1S/C16H13NOSe/c18-15-8-4-5-12-9-10-13(17-16(12)15)11-19-14-6-2-1-3-7-14/h1-10,18H,11H2. The van der Waals surface area contributed by atoms with Crippen LogP contribution in [0.1, 0.15) is 5.69 Å². The molecule has 3 aromatic rings. The van der Waals surface area contributed by atoms with Gasteiger partial charge in [0, 0.05) is 0 Å². The summed E-state index contributed by atoms with van der Waals surface area (Å²) in [6, 6.07) is 20.0. The predicted molar refractivity (Wildman–Crippen MR) is 78.9 cm³/mol. The van der Waals surface area contributed by atoms with Crippen molar-refractivity contribution in [1.29, 1.82) is 0 Å². The number of pyridine rings is 1. The Morgan fingerprint density at radius 3 is 2.58 bits per heavy atom. The van der Waals surface area contributed by atoms with Crippen molar-refractivity contribution in [2.75, 3.05) is 0 Å². The van der Waals surface area contributed by atoms with Gasteiger partial charge in [-0.05, 0) is 0 Å². The van der Waals surface area contributed by atoms with E-state index in [1.54, 1.807) is 6.07 Å². The number of para-hydroxylation sites is 1. The van der Waals surface area contributed by atoms with Crippen LogP contribution in [0.25, 0.3) is 10.9 Å². The van der Waals surface area contributed by atoms with Crippen LogP contribution in [0.5, 0.6) is 5.75 Å². The molecular formula is C16H13NOSe. The average molecular weight is 314 g/mol. The van der Waals surface area contributed by atoms with Crippen molar-refractivity contribution in [3.63, 3.8) is 0 Å². The topological polar surface area (TPSA) is 33.1 Å². The maximum absolute atomic E-state index is 9.82. The Bertz CT molecular complexity index is 697. The van der Waals surface area contributed by atoms with Gasteiger partial charge in [0.05, 0.1) is 0 Å². The van der Waals surface area contributed by atoms with E-state index in [1.807, 2.05) is 30.3 Å². The van der Waals surface area contributed by atoms with Gasteiger partial charge >= 0.3 is 118 Å². The van der Waals surface area contributed by atoms with Crippen molar-refractivity contribution in [1.82, 2.24) is 4.98 Å². The Hall–Kier alpha value is -1.83. The Labute approximate surface area is 118 Å². The fourth-order valence-corrected chi connectivity index (χ4v) is 3.66. The van der Waals surface area contributed by atoms with E-state index >= 15 is 0 Å². The molecule has 0 aliphatic rings. The van der Waals surface area contributed by atoms with Gasteiger partial charge in [-0.2, -0.15) is 0 Å². The Balaban J connectivity index is 1.84. The van der Waals surface area contributed by atoms with E-state index in [1.165, 1.54) is 4.46 Å². The summed E-state index contributed by atoms with van der Waals surface area (Å²) >= 11 is 0.381. The van der Waals surface area contributed by atoms with Gasteiger partial charge in [-0.1, -0.05) is 0 Å². The number of phenols is 1. The molecule has 0 fully saturated rings. The molecule has 0 spiro atoms. The summed E-state index contributed by atoms with van der Waals surface area (Å²) in [7, 11) is 0. The van der Waals surface area contributed by atoms with Crippen LogP contribution < -0.4 is 4.46 Å². The van der Waals surface area contributed by atoms with Crippen molar-refractivity contribution >= 4 is 30.3 Å². The van der Waals surface area contributed by atoms with Gasteiger partial charge in [-0.25, -0.2) is 0 Å². The second-order valence-electron chi connectivity index (χ2n) is 4.25. The molecule has 1 aromatic heterocycles. The molecule has 2 nitrogen and oxygen atoms in total. The second kappa shape index (κ2) is 5.43. The summed E-state index contributed by atoms with van der Waals surface area (Å²) in [6.07, 6.45) is 0. The second-order valence-corrected chi connectivity index (χ2v) is 6.45. The van der Waals surface area contributed by atoms with Crippen LogP contribution in [-0.4, -0.2) is 25.0 Å². The Kier molecular flexibility index (Phi) is 3.49. The van der Waals surface area contributed by atoms with Crippen LogP contribution in [0, 0.1) is 0 Å². The van der Waals surface area contributed by atoms with Crippen molar-refractivity contribution in [2.24, 2.45) is 0 Å². The van der Waals surface area contributed by atoms with E-state index in [-0.39, 0.29) is 5.75 Å². The van der Waals surface area contributed by atoms with Crippen LogP contribution in [0.15, 0.2) is 60.7 Å². The molecule has 0 bridgehead atoms. The maximum atomic E-state index is 9.82. The van der Waals surface area contributed by atoms with E-state index in [0.717, 1.165) is 16.4 Å². The van der Waals surface area contributed by atoms with Crippen molar-refractivity contribution in [2.45, 2.75) is 5.32 Å². The van der Waals surface area contributed by atoms with Crippen LogP contribution in [-0.2, 0) is 5.32 Å². The van der Waals surface area contributed by atoms with Crippen molar-refractivity contribution < 1.29 is 5.11 Å². The first-order valence-corrected chi connectivity index (χ1v) is 8.15. The molecule has 19 heavy (non-hydrogen) atoms. The molecule has 0 aliphatic carbocycles. The van der Waals surface area contributed by atoms with Gasteiger partial charge in [-0.15, -0.1) is 0 Å². The minimum absolute atomic E-state index is 0.256. The third kappa shape index (κ3) is 2.78. The summed E-state index contributed by atoms with van der Waals surface area (Å²) in [4.78, 5) is 4.56. The average Bonchev–Trinajstić information content (AvgIpc) is 2.47. The molecule has 2 aromatic carbocycles. The molecular weight excluding hydrogens is 301 g/mol. The molecule has 3 heteroatoms. The number of nitrogens with zero attached hydrogens (tertiary/aromatic N) is 1. The normalized spacial score (nSPS) is 10.7. The molecule has 0 radical (unpaired) electrons. The molecule has 94 valence electrons. The third-order valence-corrected chi connectivity index (χ3v) is 5.08. The van der Waals surface area contributed by atoms with Crippen LogP contribution >= 0.6 is 0 Å². The molecule has 3 rings (SSSR count). The molecule has 0 saturated heterocycles. The van der Waals surface area contributed by atoms with Gasteiger partial charge < -0.3 is 0 Å². The minimum atomic E-state index is 0.256. The molecule has 0 atom stereocenters. The summed E-state index contributed by atoms with van der Waals surface area (Å²) in [5.41, 5.74) is 1.74. The van der Waals surface area contributed by atoms with Crippen LogP contribution in [0.3, 0.4) is 0 Å². The SMILES string of the molecule is Oc1cccc2ccc(C[Se]c3ccccc3)nc12. The van der Waals surface area contributed by atoms with Crippen LogP contribution in [0.2, 0.25) is 0 Å². The van der Waals surface area contributed by atoms with Crippen LogP contribution in [0.4, 0.5) is 0 Å². The van der Waals surface area contributed by atoms with Gasteiger partial charge in [-0.3, -0.25) is 0 Å². The molecule has 1 heterocycles. The van der Waals surface area contributed by atoms with E-state index in [0.29, 0.717) is 20.5 Å². The fraction of sp³-hybridized carbons (Fsp3) is 0.0625. The number of phenolic OH excluding ortho intramolecular Hbond substituents is 1. The first-order valence-electron chi connectivity index (χ1n) is 6.08. The van der Waals surface area contributed by atoms with Crippen molar-refractivity contribution in [3.8, 4) is 5.75 Å². The zero-order valence-electron chi connectivity index (χ0n) is 10.3. The summed E-state index contributed by atoms with van der Waals surface area (Å²) < 4.78 is 1.37. The first-order chi connectivity index (χ1) is 9.33. The predicted octanol–water partition coefficient (Wildman–Crippen LogP) is 2.47. The quantitative estimate of drug-likeness (QED) is 0.754. The number of aromatic hydroxyl groups is 1. The van der Waals surface area contributed by atoms with E-state index < -0.39 is 0 Å². The van der Waals surface area contributed by atoms with E-state index in [9.17, 15) is 5.11 Å². The zero-order valence-corrected chi connectivity index (χ0v) is 12.0. The summed E-state index contributed by atoms with van der Waals surface area (Å²) in [5.74, 6) is 0.256. The molecule has 0 amide bonds. The molecule has 1 N–H and O–H groups in total. The Morgan fingerprint density at radius 1 is 0.895 bits per heavy atom. The van der Waals surface area contributed by atoms with Gasteiger partial charge in [0.1, 0.15) is 0 Å². The Morgan fingerprint density at radius 2 is 1.74 bits per heavy atom. The number of hydrogen-bond acceptors (Lipinski definition) is 2.